The van der Waals surface area contributed by atoms with Crippen LogP contribution in [0.2, 0.25) is 0 Å². The average molecular weight is 801 g/mol. The first kappa shape index (κ1) is 35.5. The van der Waals surface area contributed by atoms with Crippen LogP contribution in [0.1, 0.15) is 22.3 Å². The van der Waals surface area contributed by atoms with Crippen LogP contribution >= 0.6 is 0 Å². The summed E-state index contributed by atoms with van der Waals surface area (Å²) in [6.45, 7) is 0. The lowest BCUT2D eigenvalue weighted by Crippen LogP contribution is -2.26. The molecule has 2 heteroatoms. The maximum absolute atomic E-state index is 2.49. The lowest BCUT2D eigenvalue weighted by Gasteiger charge is -2.32. The van der Waals surface area contributed by atoms with Crippen molar-refractivity contribution in [2.75, 3.05) is 4.90 Å². The number of rotatable bonds is 6. The predicted octanol–water partition coefficient (Wildman–Crippen LogP) is 15.9. The fourth-order valence-electron chi connectivity index (χ4n) is 10.9. The summed E-state index contributed by atoms with van der Waals surface area (Å²) in [5.41, 5.74) is 21.7. The van der Waals surface area contributed by atoms with Gasteiger partial charge in [-0.1, -0.05) is 188 Å². The molecule has 0 saturated heterocycles. The van der Waals surface area contributed by atoms with Gasteiger partial charge < -0.3 is 9.47 Å². The molecular weight excluding hydrogens is 761 g/mol. The van der Waals surface area contributed by atoms with Crippen molar-refractivity contribution in [3.63, 3.8) is 0 Å². The molecule has 294 valence electrons. The number of hydrogen-bond donors (Lipinski definition) is 0. The van der Waals surface area contributed by atoms with Crippen LogP contribution in [-0.4, -0.2) is 4.57 Å². The van der Waals surface area contributed by atoms with Crippen molar-refractivity contribution in [1.82, 2.24) is 4.57 Å². The summed E-state index contributed by atoms with van der Waals surface area (Å²) in [7, 11) is 0. The second-order valence-electron chi connectivity index (χ2n) is 16.8. The van der Waals surface area contributed by atoms with Gasteiger partial charge in [0.05, 0.1) is 16.4 Å². The van der Waals surface area contributed by atoms with Crippen LogP contribution in [0.25, 0.3) is 72.0 Å². The molecule has 0 saturated carbocycles. The fourth-order valence-corrected chi connectivity index (χ4v) is 10.9. The Balaban J connectivity index is 1.04. The maximum atomic E-state index is 2.49. The van der Waals surface area contributed by atoms with Crippen LogP contribution in [0.3, 0.4) is 0 Å². The highest BCUT2D eigenvalue weighted by Gasteiger charge is 2.51. The Labute approximate surface area is 367 Å². The molecule has 2 aliphatic rings. The van der Waals surface area contributed by atoms with E-state index in [-0.39, 0.29) is 0 Å². The van der Waals surface area contributed by atoms with Crippen molar-refractivity contribution in [3.05, 3.63) is 265 Å². The largest absolute Gasteiger partial charge is 0.310 e. The molecule has 1 aromatic heterocycles. The Hall–Kier alpha value is -8.20. The van der Waals surface area contributed by atoms with Gasteiger partial charge in [0, 0.05) is 33.5 Å². The molecule has 1 spiro atoms. The van der Waals surface area contributed by atoms with Crippen molar-refractivity contribution in [1.29, 1.82) is 0 Å². The number of benzene rings is 10. The van der Waals surface area contributed by atoms with Gasteiger partial charge in [-0.3, -0.25) is 0 Å². The number of fused-ring (bicyclic) bond motifs is 13. The molecule has 0 amide bonds. The quantitative estimate of drug-likeness (QED) is 0.163. The van der Waals surface area contributed by atoms with E-state index in [0.29, 0.717) is 0 Å². The smallest absolute Gasteiger partial charge is 0.0726 e. The topological polar surface area (TPSA) is 8.17 Å². The standard InChI is InChI=1S/C61H40N2/c1-3-15-41(16-4-1)43-27-31-45(32-28-43)62(48-36-38-54-53-22-10-14-26-59(53)63(60(54)40-48)46-33-29-44(30-34-46)42-17-5-2-6-18-42)47-35-37-52-51-21-9-13-25-57(51)61(58(52)39-47)55-23-11-7-19-49(55)50-20-8-12-24-56(50)61/h1-40H. The van der Waals surface area contributed by atoms with E-state index < -0.39 is 5.41 Å². The van der Waals surface area contributed by atoms with Gasteiger partial charge in [0.2, 0.25) is 0 Å². The lowest BCUT2D eigenvalue weighted by atomic mass is 9.70. The summed E-state index contributed by atoms with van der Waals surface area (Å²) < 4.78 is 2.43. The minimum Gasteiger partial charge on any atom is -0.310 e. The van der Waals surface area contributed by atoms with Crippen molar-refractivity contribution in [3.8, 4) is 50.2 Å². The van der Waals surface area contributed by atoms with Crippen LogP contribution in [0, 0.1) is 0 Å². The summed E-state index contributed by atoms with van der Waals surface area (Å²) >= 11 is 0. The van der Waals surface area contributed by atoms with Gasteiger partial charge in [0.15, 0.2) is 0 Å². The zero-order chi connectivity index (χ0) is 41.5. The average Bonchev–Trinajstić information content (AvgIpc) is 3.96. The highest BCUT2D eigenvalue weighted by Crippen LogP contribution is 2.63. The number of anilines is 3. The van der Waals surface area contributed by atoms with Crippen LogP contribution in [0.4, 0.5) is 17.1 Å². The van der Waals surface area contributed by atoms with E-state index in [1.54, 1.807) is 0 Å². The Kier molecular flexibility index (Phi) is 7.85. The molecule has 1 heterocycles. The first-order valence-electron chi connectivity index (χ1n) is 21.8. The summed E-state index contributed by atoms with van der Waals surface area (Å²) in [5.74, 6) is 0. The van der Waals surface area contributed by atoms with E-state index in [0.717, 1.165) is 28.3 Å². The molecule has 0 N–H and O–H groups in total. The van der Waals surface area contributed by atoms with Gasteiger partial charge in [-0.05, 0) is 121 Å². The van der Waals surface area contributed by atoms with E-state index in [4.69, 9.17) is 0 Å². The number of hydrogen-bond acceptors (Lipinski definition) is 1. The third-order valence-corrected chi connectivity index (χ3v) is 13.6. The van der Waals surface area contributed by atoms with Gasteiger partial charge in [-0.15, -0.1) is 0 Å². The van der Waals surface area contributed by atoms with Gasteiger partial charge >= 0.3 is 0 Å². The van der Waals surface area contributed by atoms with Crippen LogP contribution in [0.15, 0.2) is 243 Å². The highest BCUT2D eigenvalue weighted by molar-refractivity contribution is 6.10. The normalized spacial score (nSPS) is 12.9. The summed E-state index contributed by atoms with van der Waals surface area (Å²) in [4.78, 5) is 2.46. The number of para-hydroxylation sites is 1. The van der Waals surface area contributed by atoms with Gasteiger partial charge in [0.25, 0.3) is 0 Å². The number of aromatic nitrogens is 1. The number of nitrogens with zero attached hydrogens (tertiary/aromatic N) is 2. The van der Waals surface area contributed by atoms with Gasteiger partial charge in [-0.2, -0.15) is 0 Å². The minimum atomic E-state index is -0.444. The molecule has 11 aromatic rings. The zero-order valence-electron chi connectivity index (χ0n) is 34.5. The molecule has 2 nitrogen and oxygen atoms in total. The minimum absolute atomic E-state index is 0.444. The fraction of sp³-hybridized carbons (Fsp3) is 0.0164. The van der Waals surface area contributed by atoms with E-state index in [2.05, 4.69) is 252 Å². The van der Waals surface area contributed by atoms with Crippen molar-refractivity contribution >= 4 is 38.9 Å². The zero-order valence-corrected chi connectivity index (χ0v) is 34.5. The second-order valence-corrected chi connectivity index (χ2v) is 16.8. The Morgan fingerprint density at radius 3 is 1.32 bits per heavy atom. The molecule has 0 fully saturated rings. The predicted molar refractivity (Wildman–Crippen MR) is 263 cm³/mol. The first-order chi connectivity index (χ1) is 31.3. The van der Waals surface area contributed by atoms with E-state index in [9.17, 15) is 0 Å². The molecule has 0 radical (unpaired) electrons. The molecule has 10 aromatic carbocycles. The highest BCUT2D eigenvalue weighted by atomic mass is 15.1. The Morgan fingerprint density at radius 2 is 0.714 bits per heavy atom. The van der Waals surface area contributed by atoms with Gasteiger partial charge in [0.1, 0.15) is 0 Å². The van der Waals surface area contributed by atoms with Crippen LogP contribution in [-0.2, 0) is 5.41 Å². The molecule has 0 atom stereocenters. The van der Waals surface area contributed by atoms with Gasteiger partial charge in [-0.25, -0.2) is 0 Å². The monoisotopic (exact) mass is 800 g/mol. The van der Waals surface area contributed by atoms with Crippen molar-refractivity contribution < 1.29 is 0 Å². The maximum Gasteiger partial charge on any atom is 0.0726 e. The molecule has 63 heavy (non-hydrogen) atoms. The third-order valence-electron chi connectivity index (χ3n) is 13.6. The van der Waals surface area contributed by atoms with E-state index >= 15 is 0 Å². The van der Waals surface area contributed by atoms with Crippen molar-refractivity contribution in [2.24, 2.45) is 0 Å². The summed E-state index contributed by atoms with van der Waals surface area (Å²) in [6, 6.07) is 89.5. The second kappa shape index (κ2) is 13.9. The Bertz CT molecular complexity index is 3480. The third kappa shape index (κ3) is 5.25. The van der Waals surface area contributed by atoms with Crippen LogP contribution < -0.4 is 4.90 Å². The molecule has 2 aliphatic carbocycles. The summed E-state index contributed by atoms with van der Waals surface area (Å²) in [5, 5.41) is 2.46. The van der Waals surface area contributed by atoms with E-state index in [1.165, 1.54) is 83.1 Å². The molecular formula is C61H40N2. The van der Waals surface area contributed by atoms with Crippen LogP contribution in [0.5, 0.6) is 0 Å². The van der Waals surface area contributed by atoms with E-state index in [1.807, 2.05) is 0 Å². The Morgan fingerprint density at radius 1 is 0.286 bits per heavy atom. The first-order valence-corrected chi connectivity index (χ1v) is 21.8. The SMILES string of the molecule is c1ccc(-c2ccc(N(c3ccc4c(c3)C3(c5ccccc5-c5ccccc53)c3ccccc3-4)c3ccc4c5ccccc5n(-c5ccc(-c6ccccc6)cc5)c4c3)cc2)cc1. The molecule has 0 aliphatic heterocycles. The van der Waals surface area contributed by atoms with Crippen molar-refractivity contribution in [2.45, 2.75) is 5.41 Å². The molecule has 13 rings (SSSR count). The summed E-state index contributed by atoms with van der Waals surface area (Å²) in [6.07, 6.45) is 0. The molecule has 0 bridgehead atoms. The molecule has 0 unspecified atom stereocenters. The lowest BCUT2D eigenvalue weighted by molar-refractivity contribution is 0.793.